The summed E-state index contributed by atoms with van der Waals surface area (Å²) >= 11 is 0. The minimum Gasteiger partial charge on any atom is -0.348 e. The van der Waals surface area contributed by atoms with Crippen LogP contribution in [0, 0.1) is 0 Å². The lowest BCUT2D eigenvalue weighted by atomic mass is 9.99. The second kappa shape index (κ2) is 7.40. The average molecular weight is 281 g/mol. The lowest BCUT2D eigenvalue weighted by molar-refractivity contribution is -0.130. The number of hydrogen-bond donors (Lipinski definition) is 1. The van der Waals surface area contributed by atoms with Crippen LogP contribution in [0.15, 0.2) is 12.4 Å². The Hall–Kier alpha value is -1.40. The number of amides is 1. The van der Waals surface area contributed by atoms with Crippen LogP contribution in [0.4, 0.5) is 0 Å². The van der Waals surface area contributed by atoms with Gasteiger partial charge in [0.1, 0.15) is 0 Å². The van der Waals surface area contributed by atoms with Gasteiger partial charge in [0.05, 0.1) is 18.8 Å². The molecule has 1 heterocycles. The molecule has 0 radical (unpaired) electrons. The van der Waals surface area contributed by atoms with Crippen LogP contribution in [0.25, 0.3) is 0 Å². The van der Waals surface area contributed by atoms with E-state index in [0.29, 0.717) is 6.54 Å². The molecule has 1 aromatic rings. The third-order valence-corrected chi connectivity index (χ3v) is 3.58. The molecule has 0 bridgehead atoms. The molecule has 0 fully saturated rings. The van der Waals surface area contributed by atoms with Crippen molar-refractivity contribution in [2.45, 2.75) is 32.4 Å². The van der Waals surface area contributed by atoms with E-state index in [1.165, 1.54) is 0 Å². The summed E-state index contributed by atoms with van der Waals surface area (Å²) in [6.45, 7) is 5.26. The van der Waals surface area contributed by atoms with Gasteiger partial charge in [-0.15, -0.1) is 0 Å². The fourth-order valence-electron chi connectivity index (χ4n) is 2.27. The van der Waals surface area contributed by atoms with Crippen molar-refractivity contribution in [3.8, 4) is 0 Å². The first kappa shape index (κ1) is 16.7. The van der Waals surface area contributed by atoms with E-state index in [1.807, 2.05) is 19.4 Å². The standard InChI is InChI=1S/C14H27N5O/c1-6-12(15)14(11-8-16-18(5)9-11)19(7-2)10-13(20)17(3)4/h8-9,12,14H,6-7,10,15H2,1-5H3. The third kappa shape index (κ3) is 4.05. The number of aromatic nitrogens is 2. The Morgan fingerprint density at radius 3 is 2.50 bits per heavy atom. The first-order valence-corrected chi connectivity index (χ1v) is 7.09. The van der Waals surface area contributed by atoms with E-state index in [9.17, 15) is 4.79 Å². The van der Waals surface area contributed by atoms with Gasteiger partial charge in [-0.05, 0) is 13.0 Å². The zero-order valence-corrected chi connectivity index (χ0v) is 13.2. The molecule has 2 unspecified atom stereocenters. The highest BCUT2D eigenvalue weighted by Gasteiger charge is 2.27. The molecule has 2 atom stereocenters. The number of carbonyl (C=O) groups excluding carboxylic acids is 1. The van der Waals surface area contributed by atoms with Gasteiger partial charge in [-0.3, -0.25) is 14.4 Å². The first-order chi connectivity index (χ1) is 9.40. The molecule has 1 aromatic heterocycles. The summed E-state index contributed by atoms with van der Waals surface area (Å²) < 4.78 is 1.77. The summed E-state index contributed by atoms with van der Waals surface area (Å²) in [5.74, 6) is 0.0871. The summed E-state index contributed by atoms with van der Waals surface area (Å²) in [4.78, 5) is 15.7. The Morgan fingerprint density at radius 1 is 1.45 bits per heavy atom. The molecule has 0 saturated heterocycles. The SMILES string of the molecule is CCC(N)C(c1cnn(C)c1)N(CC)CC(=O)N(C)C. The number of rotatable bonds is 7. The van der Waals surface area contributed by atoms with Crippen molar-refractivity contribution in [3.05, 3.63) is 18.0 Å². The maximum atomic E-state index is 12.0. The molecule has 6 nitrogen and oxygen atoms in total. The Kier molecular flexibility index (Phi) is 6.16. The smallest absolute Gasteiger partial charge is 0.236 e. The molecule has 1 rings (SSSR count). The van der Waals surface area contributed by atoms with Crippen molar-refractivity contribution in [1.29, 1.82) is 0 Å². The van der Waals surface area contributed by atoms with Crippen LogP contribution in [0.1, 0.15) is 31.9 Å². The summed E-state index contributed by atoms with van der Waals surface area (Å²) in [5.41, 5.74) is 7.35. The molecule has 0 spiro atoms. The molecule has 0 saturated carbocycles. The fraction of sp³-hybridized carbons (Fsp3) is 0.714. The van der Waals surface area contributed by atoms with Gasteiger partial charge in [0, 0.05) is 38.9 Å². The van der Waals surface area contributed by atoms with Gasteiger partial charge in [0.25, 0.3) is 0 Å². The van der Waals surface area contributed by atoms with Gasteiger partial charge in [-0.2, -0.15) is 5.10 Å². The molecule has 6 heteroatoms. The number of nitrogens with two attached hydrogens (primary N) is 1. The van der Waals surface area contributed by atoms with Crippen molar-refractivity contribution < 1.29 is 4.79 Å². The predicted molar refractivity (Wildman–Crippen MR) is 80.2 cm³/mol. The molecule has 0 aliphatic carbocycles. The number of likely N-dealkylation sites (N-methyl/N-ethyl adjacent to an activating group) is 2. The van der Waals surface area contributed by atoms with E-state index in [-0.39, 0.29) is 18.0 Å². The van der Waals surface area contributed by atoms with E-state index in [0.717, 1.165) is 18.5 Å². The molecule has 2 N–H and O–H groups in total. The second-order valence-electron chi connectivity index (χ2n) is 5.32. The highest BCUT2D eigenvalue weighted by molar-refractivity contribution is 5.77. The van der Waals surface area contributed by atoms with Crippen LogP contribution < -0.4 is 5.73 Å². The van der Waals surface area contributed by atoms with Gasteiger partial charge in [-0.1, -0.05) is 13.8 Å². The Balaban J connectivity index is 2.98. The van der Waals surface area contributed by atoms with Crippen LogP contribution in [0.5, 0.6) is 0 Å². The summed E-state index contributed by atoms with van der Waals surface area (Å²) in [5, 5.41) is 4.22. The summed E-state index contributed by atoms with van der Waals surface area (Å²) in [6, 6.07) is -0.00304. The van der Waals surface area contributed by atoms with Crippen LogP contribution in [-0.2, 0) is 11.8 Å². The molecule has 20 heavy (non-hydrogen) atoms. The maximum Gasteiger partial charge on any atom is 0.236 e. The Labute approximate surface area is 121 Å². The zero-order chi connectivity index (χ0) is 15.3. The van der Waals surface area contributed by atoms with Gasteiger partial charge in [-0.25, -0.2) is 0 Å². The van der Waals surface area contributed by atoms with E-state index in [4.69, 9.17) is 5.73 Å². The minimum atomic E-state index is -0.0193. The number of hydrogen-bond acceptors (Lipinski definition) is 4. The van der Waals surface area contributed by atoms with Crippen molar-refractivity contribution in [2.75, 3.05) is 27.2 Å². The number of aryl methyl sites for hydroxylation is 1. The lowest BCUT2D eigenvalue weighted by Crippen LogP contribution is -2.45. The monoisotopic (exact) mass is 281 g/mol. The average Bonchev–Trinajstić information content (AvgIpc) is 2.83. The van der Waals surface area contributed by atoms with Gasteiger partial charge in [0.2, 0.25) is 5.91 Å². The van der Waals surface area contributed by atoms with Crippen molar-refractivity contribution in [1.82, 2.24) is 19.6 Å². The van der Waals surface area contributed by atoms with Crippen molar-refractivity contribution in [3.63, 3.8) is 0 Å². The van der Waals surface area contributed by atoms with E-state index in [1.54, 1.807) is 23.7 Å². The Morgan fingerprint density at radius 2 is 2.10 bits per heavy atom. The van der Waals surface area contributed by atoms with Crippen LogP contribution in [0.2, 0.25) is 0 Å². The molecular formula is C14H27N5O. The van der Waals surface area contributed by atoms with E-state index in [2.05, 4.69) is 23.8 Å². The van der Waals surface area contributed by atoms with E-state index < -0.39 is 0 Å². The fourth-order valence-corrected chi connectivity index (χ4v) is 2.27. The third-order valence-electron chi connectivity index (χ3n) is 3.58. The lowest BCUT2D eigenvalue weighted by Gasteiger charge is -2.34. The normalized spacial score (nSPS) is 14.3. The van der Waals surface area contributed by atoms with Gasteiger partial charge < -0.3 is 10.6 Å². The topological polar surface area (TPSA) is 67.4 Å². The van der Waals surface area contributed by atoms with Crippen molar-refractivity contribution >= 4 is 5.91 Å². The van der Waals surface area contributed by atoms with E-state index >= 15 is 0 Å². The number of nitrogens with zero attached hydrogens (tertiary/aromatic N) is 4. The maximum absolute atomic E-state index is 12.0. The zero-order valence-electron chi connectivity index (χ0n) is 13.2. The first-order valence-electron chi connectivity index (χ1n) is 7.09. The van der Waals surface area contributed by atoms with Crippen LogP contribution in [-0.4, -0.2) is 58.7 Å². The summed E-state index contributed by atoms with van der Waals surface area (Å²) in [7, 11) is 5.43. The molecule has 114 valence electrons. The van der Waals surface area contributed by atoms with Crippen LogP contribution in [0.3, 0.4) is 0 Å². The molecule has 0 aliphatic rings. The molecular weight excluding hydrogens is 254 g/mol. The van der Waals surface area contributed by atoms with Crippen molar-refractivity contribution in [2.24, 2.45) is 12.8 Å². The predicted octanol–water partition coefficient (Wildman–Crippen LogP) is 0.609. The van der Waals surface area contributed by atoms with Crippen LogP contribution >= 0.6 is 0 Å². The van der Waals surface area contributed by atoms with Gasteiger partial charge >= 0.3 is 0 Å². The largest absolute Gasteiger partial charge is 0.348 e. The molecule has 1 amide bonds. The second-order valence-corrected chi connectivity index (χ2v) is 5.32. The molecule has 0 aromatic carbocycles. The minimum absolute atomic E-state index is 0.0163. The quantitative estimate of drug-likeness (QED) is 0.795. The highest BCUT2D eigenvalue weighted by atomic mass is 16.2. The Bertz CT molecular complexity index is 429. The highest BCUT2D eigenvalue weighted by Crippen LogP contribution is 2.24. The number of carbonyl (C=O) groups is 1. The summed E-state index contributed by atoms with van der Waals surface area (Å²) in [6.07, 6.45) is 4.66. The van der Waals surface area contributed by atoms with Gasteiger partial charge in [0.15, 0.2) is 0 Å². The molecule has 0 aliphatic heterocycles.